The molecule has 3 nitrogen and oxygen atoms in total. The van der Waals surface area contributed by atoms with E-state index in [0.717, 1.165) is 16.5 Å². The van der Waals surface area contributed by atoms with Crippen LogP contribution in [0, 0.1) is 17.1 Å². The molecule has 0 radical (unpaired) electrons. The Bertz CT molecular complexity index is 842. The van der Waals surface area contributed by atoms with Crippen molar-refractivity contribution in [1.29, 1.82) is 5.26 Å². The van der Waals surface area contributed by atoms with Gasteiger partial charge in [0.2, 0.25) is 0 Å². The molecule has 0 spiro atoms. The highest BCUT2D eigenvalue weighted by Crippen LogP contribution is 2.38. The first-order chi connectivity index (χ1) is 12.5. The molecule has 5 heteroatoms. The number of nitriles is 1. The third-order valence-corrected chi connectivity index (χ3v) is 4.41. The molecule has 2 aromatic rings. The quantitative estimate of drug-likeness (QED) is 0.396. The fraction of sp³-hybridized carbons (Fsp3) is 0.286. The zero-order valence-electron chi connectivity index (χ0n) is 15.1. The average molecular weight is 418 g/mol. The van der Waals surface area contributed by atoms with E-state index in [1.165, 1.54) is 6.07 Å². The zero-order chi connectivity index (χ0) is 19.1. The molecule has 0 unspecified atom stereocenters. The lowest BCUT2D eigenvalue weighted by atomic mass is 10.0. The summed E-state index contributed by atoms with van der Waals surface area (Å²) in [6.45, 7) is 6.41. The molecular formula is C21H21BrFNO2. The maximum atomic E-state index is 14.0. The van der Waals surface area contributed by atoms with Crippen LogP contribution >= 0.6 is 15.9 Å². The predicted molar refractivity (Wildman–Crippen MR) is 106 cm³/mol. The van der Waals surface area contributed by atoms with Crippen molar-refractivity contribution in [2.45, 2.75) is 33.3 Å². The van der Waals surface area contributed by atoms with Gasteiger partial charge in [0, 0.05) is 5.56 Å². The van der Waals surface area contributed by atoms with Crippen molar-refractivity contribution in [1.82, 2.24) is 0 Å². The minimum absolute atomic E-state index is 0.0417. The average Bonchev–Trinajstić information content (AvgIpc) is 2.63. The number of benzene rings is 2. The SMILES string of the molecule is CCOc1cc(/C=C(/C#N)c2ccccc2F)cc(Br)c1O[C@H](C)CC. The van der Waals surface area contributed by atoms with Crippen molar-refractivity contribution in [2.75, 3.05) is 6.61 Å². The Morgan fingerprint density at radius 1 is 1.31 bits per heavy atom. The van der Waals surface area contributed by atoms with Gasteiger partial charge in [-0.1, -0.05) is 25.1 Å². The minimum atomic E-state index is -0.430. The van der Waals surface area contributed by atoms with Gasteiger partial charge in [0.25, 0.3) is 0 Å². The van der Waals surface area contributed by atoms with E-state index in [9.17, 15) is 9.65 Å². The van der Waals surface area contributed by atoms with Gasteiger partial charge in [-0.2, -0.15) is 5.26 Å². The Balaban J connectivity index is 2.49. The molecule has 0 saturated heterocycles. The number of hydrogen-bond donors (Lipinski definition) is 0. The highest BCUT2D eigenvalue weighted by molar-refractivity contribution is 9.10. The van der Waals surface area contributed by atoms with Crippen LogP contribution in [0.3, 0.4) is 0 Å². The smallest absolute Gasteiger partial charge is 0.175 e. The van der Waals surface area contributed by atoms with Crippen LogP contribution in [0.1, 0.15) is 38.3 Å². The van der Waals surface area contributed by atoms with E-state index in [2.05, 4.69) is 22.0 Å². The van der Waals surface area contributed by atoms with E-state index in [1.807, 2.05) is 26.8 Å². The first-order valence-electron chi connectivity index (χ1n) is 8.49. The molecule has 0 amide bonds. The Hall–Kier alpha value is -2.32. The van der Waals surface area contributed by atoms with Crippen molar-refractivity contribution in [3.8, 4) is 17.6 Å². The molecule has 2 rings (SSSR count). The maximum Gasteiger partial charge on any atom is 0.175 e. The number of allylic oxidation sites excluding steroid dienone is 1. The minimum Gasteiger partial charge on any atom is -0.490 e. The molecule has 0 aliphatic heterocycles. The lowest BCUT2D eigenvalue weighted by molar-refractivity contribution is 0.202. The van der Waals surface area contributed by atoms with Gasteiger partial charge in [-0.15, -0.1) is 0 Å². The van der Waals surface area contributed by atoms with Gasteiger partial charge in [0.1, 0.15) is 5.82 Å². The molecule has 0 aromatic heterocycles. The third kappa shape index (κ3) is 4.86. The van der Waals surface area contributed by atoms with E-state index in [1.54, 1.807) is 30.3 Å². The number of ether oxygens (including phenoxy) is 2. The fourth-order valence-electron chi connectivity index (χ4n) is 2.35. The zero-order valence-corrected chi connectivity index (χ0v) is 16.6. The second-order valence-corrected chi connectivity index (χ2v) is 6.60. The molecule has 0 aliphatic rings. The third-order valence-electron chi connectivity index (χ3n) is 3.82. The van der Waals surface area contributed by atoms with Gasteiger partial charge in [-0.3, -0.25) is 0 Å². The van der Waals surface area contributed by atoms with Crippen molar-refractivity contribution < 1.29 is 13.9 Å². The number of rotatable bonds is 7. The normalized spacial score (nSPS) is 12.4. The summed E-state index contributed by atoms with van der Waals surface area (Å²) in [6.07, 6.45) is 2.55. The van der Waals surface area contributed by atoms with Crippen LogP contribution in [-0.2, 0) is 0 Å². The second kappa shape index (κ2) is 9.40. The van der Waals surface area contributed by atoms with E-state index < -0.39 is 5.82 Å². The van der Waals surface area contributed by atoms with Crippen LogP contribution in [0.2, 0.25) is 0 Å². The van der Waals surface area contributed by atoms with Crippen LogP contribution in [-0.4, -0.2) is 12.7 Å². The van der Waals surface area contributed by atoms with Gasteiger partial charge in [-0.05, 0) is 66.0 Å². The summed E-state index contributed by atoms with van der Waals surface area (Å²) in [5.74, 6) is 0.781. The molecule has 26 heavy (non-hydrogen) atoms. The molecule has 0 N–H and O–H groups in total. The van der Waals surface area contributed by atoms with Gasteiger partial charge >= 0.3 is 0 Å². The van der Waals surface area contributed by atoms with Crippen LogP contribution in [0.15, 0.2) is 40.9 Å². The van der Waals surface area contributed by atoms with Gasteiger partial charge in [0.05, 0.1) is 28.8 Å². The first-order valence-corrected chi connectivity index (χ1v) is 9.29. The molecule has 1 atom stereocenters. The summed E-state index contributed by atoms with van der Waals surface area (Å²) < 4.78 is 26.4. The van der Waals surface area contributed by atoms with Gasteiger partial charge in [-0.25, -0.2) is 4.39 Å². The highest BCUT2D eigenvalue weighted by atomic mass is 79.9. The number of nitrogens with zero attached hydrogens (tertiary/aromatic N) is 1. The van der Waals surface area contributed by atoms with Crippen molar-refractivity contribution in [3.63, 3.8) is 0 Å². The Kier molecular flexibility index (Phi) is 7.23. The fourth-order valence-corrected chi connectivity index (χ4v) is 2.90. The molecule has 0 fully saturated rings. The summed E-state index contributed by atoms with van der Waals surface area (Å²) >= 11 is 3.52. The van der Waals surface area contributed by atoms with Crippen molar-refractivity contribution in [3.05, 3.63) is 57.8 Å². The topological polar surface area (TPSA) is 42.2 Å². The number of halogens is 2. The standard InChI is InChI=1S/C21H21BrFNO2/c1-4-14(3)26-21-18(22)11-15(12-20(21)25-5-2)10-16(13-24)17-8-6-7-9-19(17)23/h6-12,14H,4-5H2,1-3H3/b16-10-/t14-/m1/s1. The molecular weight excluding hydrogens is 397 g/mol. The molecule has 136 valence electrons. The summed E-state index contributed by atoms with van der Waals surface area (Å²) in [7, 11) is 0. The Morgan fingerprint density at radius 3 is 2.65 bits per heavy atom. The monoisotopic (exact) mass is 417 g/mol. The van der Waals surface area contributed by atoms with Crippen LogP contribution in [0.5, 0.6) is 11.5 Å². The van der Waals surface area contributed by atoms with Crippen molar-refractivity contribution >= 4 is 27.6 Å². The summed E-state index contributed by atoms with van der Waals surface area (Å²) in [5.41, 5.74) is 1.23. The lowest BCUT2D eigenvalue weighted by Gasteiger charge is -2.18. The highest BCUT2D eigenvalue weighted by Gasteiger charge is 2.15. The first kappa shape index (κ1) is 20.0. The van der Waals surface area contributed by atoms with Crippen LogP contribution in [0.25, 0.3) is 11.6 Å². The second-order valence-electron chi connectivity index (χ2n) is 5.75. The van der Waals surface area contributed by atoms with E-state index in [4.69, 9.17) is 9.47 Å². The molecule has 0 heterocycles. The summed E-state index contributed by atoms with van der Waals surface area (Å²) in [6, 6.07) is 11.9. The number of hydrogen-bond acceptors (Lipinski definition) is 3. The Morgan fingerprint density at radius 2 is 2.04 bits per heavy atom. The van der Waals surface area contributed by atoms with E-state index >= 15 is 0 Å². The molecule has 0 bridgehead atoms. The Labute approximate surface area is 162 Å². The lowest BCUT2D eigenvalue weighted by Crippen LogP contribution is -2.11. The van der Waals surface area contributed by atoms with Gasteiger partial charge < -0.3 is 9.47 Å². The van der Waals surface area contributed by atoms with Gasteiger partial charge in [0.15, 0.2) is 11.5 Å². The summed E-state index contributed by atoms with van der Waals surface area (Å²) in [5, 5.41) is 9.46. The maximum absolute atomic E-state index is 14.0. The van der Waals surface area contributed by atoms with E-state index in [0.29, 0.717) is 18.1 Å². The predicted octanol–water partition coefficient (Wildman–Crippen LogP) is 6.23. The molecule has 0 saturated carbocycles. The molecule has 2 aromatic carbocycles. The van der Waals surface area contributed by atoms with Crippen LogP contribution < -0.4 is 9.47 Å². The van der Waals surface area contributed by atoms with E-state index in [-0.39, 0.29) is 17.2 Å². The summed E-state index contributed by atoms with van der Waals surface area (Å²) in [4.78, 5) is 0. The van der Waals surface area contributed by atoms with Crippen LogP contribution in [0.4, 0.5) is 4.39 Å². The largest absolute Gasteiger partial charge is 0.490 e. The molecule has 0 aliphatic carbocycles. The van der Waals surface area contributed by atoms with Crippen molar-refractivity contribution in [2.24, 2.45) is 0 Å².